The lowest BCUT2D eigenvalue weighted by Crippen LogP contribution is -2.49. The van der Waals surface area contributed by atoms with E-state index < -0.39 is 10.0 Å². The molecule has 0 spiro atoms. The lowest BCUT2D eigenvalue weighted by atomic mass is 10.0. The molecule has 2 amide bonds. The van der Waals surface area contributed by atoms with E-state index in [0.29, 0.717) is 0 Å². The van der Waals surface area contributed by atoms with Crippen molar-refractivity contribution in [1.82, 2.24) is 14.9 Å². The maximum absolute atomic E-state index is 12.8. The van der Waals surface area contributed by atoms with Crippen molar-refractivity contribution in [3.63, 3.8) is 0 Å². The molecule has 0 aromatic heterocycles. The maximum Gasteiger partial charge on any atom is 0.251 e. The molecule has 1 heterocycles. The molecule has 2 aromatic rings. The van der Waals surface area contributed by atoms with Gasteiger partial charge in [0.05, 0.1) is 17.5 Å². The van der Waals surface area contributed by atoms with E-state index in [2.05, 4.69) is 17.6 Å². The first-order valence-corrected chi connectivity index (χ1v) is 11.0. The molecule has 1 aliphatic rings. The Hall–Kier alpha value is -2.71. The number of piperazine rings is 1. The third-order valence-corrected chi connectivity index (χ3v) is 6.81. The molecule has 8 heteroatoms. The van der Waals surface area contributed by atoms with Crippen molar-refractivity contribution in [3.05, 3.63) is 65.2 Å². The second-order valence-electron chi connectivity index (χ2n) is 7.01. The first-order valence-electron chi connectivity index (χ1n) is 9.58. The van der Waals surface area contributed by atoms with Gasteiger partial charge in [0.15, 0.2) is 0 Å². The Labute approximate surface area is 171 Å². The fourth-order valence-electron chi connectivity index (χ4n) is 3.17. The summed E-state index contributed by atoms with van der Waals surface area (Å²) in [6.07, 6.45) is 0.945. The summed E-state index contributed by atoms with van der Waals surface area (Å²) < 4.78 is 26.8. The highest BCUT2D eigenvalue weighted by Gasteiger charge is 2.29. The molecule has 154 valence electrons. The second-order valence-corrected chi connectivity index (χ2v) is 8.94. The molecule has 0 aliphatic carbocycles. The van der Waals surface area contributed by atoms with Crippen LogP contribution in [0.1, 0.15) is 41.4 Å². The van der Waals surface area contributed by atoms with Gasteiger partial charge in [-0.15, -0.1) is 0 Å². The highest BCUT2D eigenvalue weighted by atomic mass is 32.2. The average Bonchev–Trinajstić information content (AvgIpc) is 2.73. The van der Waals surface area contributed by atoms with Crippen LogP contribution in [0.15, 0.2) is 53.4 Å². The van der Waals surface area contributed by atoms with Crippen LogP contribution in [-0.2, 0) is 21.2 Å². The quantitative estimate of drug-likeness (QED) is 0.753. The molecule has 1 saturated heterocycles. The number of sulfonamides is 1. The highest BCUT2D eigenvalue weighted by molar-refractivity contribution is 7.89. The second kappa shape index (κ2) is 8.75. The Morgan fingerprint density at radius 2 is 1.93 bits per heavy atom. The van der Waals surface area contributed by atoms with Crippen LogP contribution in [0, 0.1) is 0 Å². The summed E-state index contributed by atoms with van der Waals surface area (Å²) in [5.74, 6) is -0.692. The van der Waals surface area contributed by atoms with Crippen LogP contribution in [0.5, 0.6) is 0 Å². The molecule has 1 atom stereocenters. The SMILES string of the molecule is CCc1ccc(C(C)NC(=O)c2cccc(S(=O)(=O)N3CCNC(=O)C3)c2)cc1. The van der Waals surface area contributed by atoms with E-state index in [0.717, 1.165) is 16.3 Å². The number of carbonyl (C=O) groups is 2. The Kier molecular flexibility index (Phi) is 6.34. The fourth-order valence-corrected chi connectivity index (χ4v) is 4.62. The molecule has 1 fully saturated rings. The zero-order chi connectivity index (χ0) is 21.0. The Morgan fingerprint density at radius 3 is 2.59 bits per heavy atom. The van der Waals surface area contributed by atoms with Gasteiger partial charge >= 0.3 is 0 Å². The van der Waals surface area contributed by atoms with Crippen LogP contribution in [0.25, 0.3) is 0 Å². The minimum atomic E-state index is -3.85. The third-order valence-electron chi connectivity index (χ3n) is 4.97. The number of hydrogen-bond acceptors (Lipinski definition) is 4. The van der Waals surface area contributed by atoms with Crippen LogP contribution < -0.4 is 10.6 Å². The highest BCUT2D eigenvalue weighted by Crippen LogP contribution is 2.19. The molecule has 1 unspecified atom stereocenters. The van der Waals surface area contributed by atoms with Crippen molar-refractivity contribution >= 4 is 21.8 Å². The largest absolute Gasteiger partial charge is 0.354 e. The Bertz CT molecular complexity index is 1000. The molecule has 3 rings (SSSR count). The summed E-state index contributed by atoms with van der Waals surface area (Å²) in [5.41, 5.74) is 2.44. The zero-order valence-electron chi connectivity index (χ0n) is 16.5. The van der Waals surface area contributed by atoms with E-state index in [1.807, 2.05) is 31.2 Å². The number of nitrogens with one attached hydrogen (secondary N) is 2. The minimum Gasteiger partial charge on any atom is -0.354 e. The lowest BCUT2D eigenvalue weighted by molar-refractivity contribution is -0.122. The van der Waals surface area contributed by atoms with E-state index in [-0.39, 0.29) is 47.9 Å². The van der Waals surface area contributed by atoms with E-state index in [9.17, 15) is 18.0 Å². The summed E-state index contributed by atoms with van der Waals surface area (Å²) in [6.45, 7) is 4.22. The van der Waals surface area contributed by atoms with Gasteiger partial charge in [-0.1, -0.05) is 37.3 Å². The third kappa shape index (κ3) is 4.83. The van der Waals surface area contributed by atoms with Gasteiger partial charge in [-0.2, -0.15) is 4.31 Å². The molecule has 1 aliphatic heterocycles. The van der Waals surface area contributed by atoms with Gasteiger partial charge in [-0.05, 0) is 42.7 Å². The van der Waals surface area contributed by atoms with Gasteiger partial charge < -0.3 is 10.6 Å². The normalized spacial score (nSPS) is 16.1. The standard InChI is InChI=1S/C21H25N3O4S/c1-3-16-7-9-17(10-8-16)15(2)23-21(26)18-5-4-6-19(13-18)29(27,28)24-12-11-22-20(25)14-24/h4-10,13,15H,3,11-12,14H2,1-2H3,(H,22,25)(H,23,26). The van der Waals surface area contributed by atoms with Crippen LogP contribution in [0.4, 0.5) is 0 Å². The zero-order valence-corrected chi connectivity index (χ0v) is 17.3. The molecule has 2 N–H and O–H groups in total. The van der Waals surface area contributed by atoms with Crippen molar-refractivity contribution in [2.24, 2.45) is 0 Å². The summed E-state index contributed by atoms with van der Waals surface area (Å²) >= 11 is 0. The molecular weight excluding hydrogens is 390 g/mol. The van der Waals surface area contributed by atoms with Gasteiger partial charge in [0.25, 0.3) is 5.91 Å². The van der Waals surface area contributed by atoms with Gasteiger partial charge in [-0.25, -0.2) is 8.42 Å². The van der Waals surface area contributed by atoms with E-state index in [1.54, 1.807) is 6.07 Å². The van der Waals surface area contributed by atoms with E-state index in [1.165, 1.54) is 23.8 Å². The number of rotatable bonds is 6. The van der Waals surface area contributed by atoms with Crippen LogP contribution in [-0.4, -0.2) is 44.2 Å². The van der Waals surface area contributed by atoms with E-state index >= 15 is 0 Å². The van der Waals surface area contributed by atoms with Gasteiger partial charge in [0.1, 0.15) is 0 Å². The summed E-state index contributed by atoms with van der Waals surface area (Å²) in [4.78, 5) is 24.2. The van der Waals surface area contributed by atoms with Crippen LogP contribution >= 0.6 is 0 Å². The predicted octanol–water partition coefficient (Wildman–Crippen LogP) is 1.86. The predicted molar refractivity (Wildman–Crippen MR) is 110 cm³/mol. The van der Waals surface area contributed by atoms with E-state index in [4.69, 9.17) is 0 Å². The summed E-state index contributed by atoms with van der Waals surface area (Å²) in [7, 11) is -3.85. The molecule has 7 nitrogen and oxygen atoms in total. The van der Waals surface area contributed by atoms with Crippen molar-refractivity contribution in [2.45, 2.75) is 31.2 Å². The fraction of sp³-hybridized carbons (Fsp3) is 0.333. The van der Waals surface area contributed by atoms with Gasteiger partial charge in [0, 0.05) is 18.7 Å². The lowest BCUT2D eigenvalue weighted by Gasteiger charge is -2.26. The van der Waals surface area contributed by atoms with Crippen molar-refractivity contribution in [1.29, 1.82) is 0 Å². The summed E-state index contributed by atoms with van der Waals surface area (Å²) in [6, 6.07) is 13.7. The average molecular weight is 416 g/mol. The Balaban J connectivity index is 1.75. The summed E-state index contributed by atoms with van der Waals surface area (Å²) in [5, 5.41) is 5.50. The number of carbonyl (C=O) groups excluding carboxylic acids is 2. The monoisotopic (exact) mass is 415 g/mol. The molecule has 0 saturated carbocycles. The first kappa shape index (κ1) is 21.0. The topological polar surface area (TPSA) is 95.6 Å². The number of hydrogen-bond donors (Lipinski definition) is 2. The smallest absolute Gasteiger partial charge is 0.251 e. The van der Waals surface area contributed by atoms with Crippen molar-refractivity contribution in [3.8, 4) is 0 Å². The number of benzene rings is 2. The van der Waals surface area contributed by atoms with Crippen molar-refractivity contribution in [2.75, 3.05) is 19.6 Å². The van der Waals surface area contributed by atoms with Gasteiger partial charge in [-0.3, -0.25) is 9.59 Å². The van der Waals surface area contributed by atoms with Crippen molar-refractivity contribution < 1.29 is 18.0 Å². The first-order chi connectivity index (χ1) is 13.8. The Morgan fingerprint density at radius 1 is 1.21 bits per heavy atom. The number of nitrogens with zero attached hydrogens (tertiary/aromatic N) is 1. The maximum atomic E-state index is 12.8. The van der Waals surface area contributed by atoms with Gasteiger partial charge in [0.2, 0.25) is 15.9 Å². The molecule has 29 heavy (non-hydrogen) atoms. The number of aryl methyl sites for hydroxylation is 1. The van der Waals surface area contributed by atoms with Crippen LogP contribution in [0.3, 0.4) is 0 Å². The molecular formula is C21H25N3O4S. The molecule has 2 aromatic carbocycles. The molecule has 0 bridgehead atoms. The number of amides is 2. The minimum absolute atomic E-state index is 0.000184. The molecule has 0 radical (unpaired) electrons. The van der Waals surface area contributed by atoms with Crippen LogP contribution in [0.2, 0.25) is 0 Å².